The van der Waals surface area contributed by atoms with Gasteiger partial charge in [0.15, 0.2) is 0 Å². The summed E-state index contributed by atoms with van der Waals surface area (Å²) in [4.78, 5) is 0. The first-order valence-electron chi connectivity index (χ1n) is 3.77. The van der Waals surface area contributed by atoms with Crippen molar-refractivity contribution in [2.45, 2.75) is 24.4 Å². The molecule has 2 fully saturated rings. The van der Waals surface area contributed by atoms with Gasteiger partial charge in [-0.15, -0.1) is 0 Å². The van der Waals surface area contributed by atoms with Crippen molar-refractivity contribution in [3.05, 3.63) is 0 Å². The molecule has 4 atom stereocenters. The van der Waals surface area contributed by atoms with Crippen LogP contribution in [0.4, 0.5) is 0 Å². The van der Waals surface area contributed by atoms with Crippen LogP contribution in [0.5, 0.6) is 0 Å². The maximum Gasteiger partial charge on any atom is 0.115 e. The standard InChI is InChI=1S/C7H12O4/c1-9-5-3-11-6-4(8)2-10-7(5)6/h4-8H,2-3H2,1H3/t4-,5-,6-,7+/m0/s1. The third-order valence-corrected chi connectivity index (χ3v) is 2.28. The maximum absolute atomic E-state index is 9.31. The summed E-state index contributed by atoms with van der Waals surface area (Å²) < 4.78 is 15.7. The van der Waals surface area contributed by atoms with E-state index in [1.165, 1.54) is 0 Å². The Labute approximate surface area is 65.1 Å². The molecular weight excluding hydrogens is 148 g/mol. The van der Waals surface area contributed by atoms with Crippen LogP contribution in [0.25, 0.3) is 0 Å². The molecule has 0 radical (unpaired) electrons. The van der Waals surface area contributed by atoms with E-state index in [4.69, 9.17) is 14.2 Å². The monoisotopic (exact) mass is 160 g/mol. The largest absolute Gasteiger partial charge is 0.388 e. The molecule has 0 amide bonds. The van der Waals surface area contributed by atoms with E-state index in [2.05, 4.69) is 0 Å². The Morgan fingerprint density at radius 2 is 2.00 bits per heavy atom. The molecule has 64 valence electrons. The van der Waals surface area contributed by atoms with Gasteiger partial charge in [-0.25, -0.2) is 0 Å². The van der Waals surface area contributed by atoms with E-state index in [-0.39, 0.29) is 18.3 Å². The number of methoxy groups -OCH3 is 1. The molecule has 0 aromatic rings. The molecule has 2 aliphatic heterocycles. The molecule has 4 heteroatoms. The second-order valence-corrected chi connectivity index (χ2v) is 2.94. The summed E-state index contributed by atoms with van der Waals surface area (Å²) in [5, 5.41) is 9.31. The molecular formula is C7H12O4. The highest BCUT2D eigenvalue weighted by Crippen LogP contribution is 2.28. The zero-order valence-electron chi connectivity index (χ0n) is 6.40. The number of aliphatic hydroxyl groups is 1. The van der Waals surface area contributed by atoms with Crippen LogP contribution in [0.2, 0.25) is 0 Å². The third kappa shape index (κ3) is 1.06. The van der Waals surface area contributed by atoms with Gasteiger partial charge in [-0.2, -0.15) is 0 Å². The van der Waals surface area contributed by atoms with E-state index < -0.39 is 6.10 Å². The molecule has 0 bridgehead atoms. The average molecular weight is 160 g/mol. The van der Waals surface area contributed by atoms with Crippen molar-refractivity contribution in [2.75, 3.05) is 20.3 Å². The highest BCUT2D eigenvalue weighted by molar-refractivity contribution is 4.94. The van der Waals surface area contributed by atoms with Gasteiger partial charge >= 0.3 is 0 Å². The van der Waals surface area contributed by atoms with Crippen molar-refractivity contribution >= 4 is 0 Å². The van der Waals surface area contributed by atoms with Crippen molar-refractivity contribution in [3.63, 3.8) is 0 Å². The molecule has 0 saturated carbocycles. The van der Waals surface area contributed by atoms with Crippen molar-refractivity contribution in [1.29, 1.82) is 0 Å². The van der Waals surface area contributed by atoms with E-state index in [1.807, 2.05) is 0 Å². The highest BCUT2D eigenvalue weighted by atomic mass is 16.6. The van der Waals surface area contributed by atoms with Gasteiger partial charge in [-0.1, -0.05) is 0 Å². The lowest BCUT2D eigenvalue weighted by Gasteiger charge is -2.12. The van der Waals surface area contributed by atoms with Crippen molar-refractivity contribution in [1.82, 2.24) is 0 Å². The minimum Gasteiger partial charge on any atom is -0.388 e. The summed E-state index contributed by atoms with van der Waals surface area (Å²) in [6, 6.07) is 0. The minimum atomic E-state index is -0.472. The second kappa shape index (κ2) is 2.71. The van der Waals surface area contributed by atoms with Crippen LogP contribution in [-0.2, 0) is 14.2 Å². The SMILES string of the molecule is CO[C@H]1CO[C@@H]2[C@@H]1OC[C@@H]2O. The number of ether oxygens (including phenoxy) is 3. The third-order valence-electron chi connectivity index (χ3n) is 2.28. The lowest BCUT2D eigenvalue weighted by molar-refractivity contribution is -0.0168. The van der Waals surface area contributed by atoms with Crippen LogP contribution < -0.4 is 0 Å². The molecule has 0 aromatic heterocycles. The Morgan fingerprint density at radius 3 is 2.73 bits per heavy atom. The van der Waals surface area contributed by atoms with Crippen LogP contribution in [0.1, 0.15) is 0 Å². The summed E-state index contributed by atoms with van der Waals surface area (Å²) in [5.41, 5.74) is 0. The first kappa shape index (κ1) is 7.49. The van der Waals surface area contributed by atoms with Gasteiger partial charge in [-0.3, -0.25) is 0 Å². The van der Waals surface area contributed by atoms with Gasteiger partial charge in [0.25, 0.3) is 0 Å². The van der Waals surface area contributed by atoms with Crippen molar-refractivity contribution in [2.24, 2.45) is 0 Å². The summed E-state index contributed by atoms with van der Waals surface area (Å²) in [7, 11) is 1.63. The molecule has 11 heavy (non-hydrogen) atoms. The molecule has 2 aliphatic rings. The van der Waals surface area contributed by atoms with E-state index in [1.54, 1.807) is 7.11 Å². The fourth-order valence-corrected chi connectivity index (χ4v) is 1.65. The number of fused-ring (bicyclic) bond motifs is 1. The Balaban J connectivity index is 2.04. The zero-order chi connectivity index (χ0) is 7.84. The fourth-order valence-electron chi connectivity index (χ4n) is 1.65. The first-order chi connectivity index (χ1) is 5.33. The van der Waals surface area contributed by atoms with E-state index in [9.17, 15) is 5.11 Å². The summed E-state index contributed by atoms with van der Waals surface area (Å²) in [5.74, 6) is 0. The average Bonchev–Trinajstić information content (AvgIpc) is 2.53. The predicted octanol–water partition coefficient (Wildman–Crippen LogP) is -0.840. The Morgan fingerprint density at radius 1 is 1.27 bits per heavy atom. The molecule has 0 aliphatic carbocycles. The number of aliphatic hydroxyl groups excluding tert-OH is 1. The number of rotatable bonds is 1. The lowest BCUT2D eigenvalue weighted by Crippen LogP contribution is -2.32. The van der Waals surface area contributed by atoms with Crippen molar-refractivity contribution < 1.29 is 19.3 Å². The fraction of sp³-hybridized carbons (Fsp3) is 1.00. The number of hydrogen-bond donors (Lipinski definition) is 1. The lowest BCUT2D eigenvalue weighted by atomic mass is 10.1. The van der Waals surface area contributed by atoms with Gasteiger partial charge in [-0.05, 0) is 0 Å². The Kier molecular flexibility index (Phi) is 1.85. The van der Waals surface area contributed by atoms with Gasteiger partial charge in [0.05, 0.1) is 13.2 Å². The topological polar surface area (TPSA) is 47.9 Å². The molecule has 0 aromatic carbocycles. The van der Waals surface area contributed by atoms with Crippen LogP contribution in [0, 0.1) is 0 Å². The minimum absolute atomic E-state index is 0.00264. The molecule has 1 N–H and O–H groups in total. The molecule has 2 rings (SSSR count). The normalized spacial score (nSPS) is 49.6. The molecule has 2 saturated heterocycles. The van der Waals surface area contributed by atoms with E-state index in [0.29, 0.717) is 13.2 Å². The molecule has 2 heterocycles. The van der Waals surface area contributed by atoms with E-state index >= 15 is 0 Å². The summed E-state index contributed by atoms with van der Waals surface area (Å²) in [6.07, 6.45) is -0.702. The second-order valence-electron chi connectivity index (χ2n) is 2.94. The van der Waals surface area contributed by atoms with Gasteiger partial charge in [0.1, 0.15) is 24.4 Å². The summed E-state index contributed by atoms with van der Waals surface area (Å²) in [6.45, 7) is 0.901. The Hall–Kier alpha value is -0.160. The van der Waals surface area contributed by atoms with E-state index in [0.717, 1.165) is 0 Å². The van der Waals surface area contributed by atoms with Crippen LogP contribution >= 0.6 is 0 Å². The van der Waals surface area contributed by atoms with Gasteiger partial charge in [0, 0.05) is 7.11 Å². The maximum atomic E-state index is 9.31. The van der Waals surface area contributed by atoms with Crippen molar-refractivity contribution in [3.8, 4) is 0 Å². The molecule has 0 spiro atoms. The van der Waals surface area contributed by atoms with Gasteiger partial charge in [0.2, 0.25) is 0 Å². The summed E-state index contributed by atoms with van der Waals surface area (Å²) >= 11 is 0. The zero-order valence-corrected chi connectivity index (χ0v) is 6.40. The highest BCUT2D eigenvalue weighted by Gasteiger charge is 2.47. The first-order valence-corrected chi connectivity index (χ1v) is 3.77. The Bertz CT molecular complexity index is 149. The molecule has 0 unspecified atom stereocenters. The van der Waals surface area contributed by atoms with Gasteiger partial charge < -0.3 is 19.3 Å². The van der Waals surface area contributed by atoms with Crippen LogP contribution in [-0.4, -0.2) is 49.8 Å². The smallest absolute Gasteiger partial charge is 0.115 e. The number of hydrogen-bond acceptors (Lipinski definition) is 4. The van der Waals surface area contributed by atoms with Crippen LogP contribution in [0.3, 0.4) is 0 Å². The van der Waals surface area contributed by atoms with Crippen LogP contribution in [0.15, 0.2) is 0 Å². The quantitative estimate of drug-likeness (QED) is 0.543. The predicted molar refractivity (Wildman–Crippen MR) is 36.3 cm³/mol. The molecule has 4 nitrogen and oxygen atoms in total.